The van der Waals surface area contributed by atoms with Gasteiger partial charge in [-0.3, -0.25) is 14.6 Å². The third kappa shape index (κ3) is 8.41. The molecule has 2 aliphatic heterocycles. The smallest absolute Gasteiger partial charge is 0.228 e. The van der Waals surface area contributed by atoms with Crippen LogP contribution in [0.4, 0.5) is 5.82 Å². The lowest BCUT2D eigenvalue weighted by Gasteiger charge is -2.29. The summed E-state index contributed by atoms with van der Waals surface area (Å²) < 4.78 is 5.77. The van der Waals surface area contributed by atoms with E-state index in [9.17, 15) is 4.79 Å². The minimum atomic E-state index is 0.167. The van der Waals surface area contributed by atoms with Crippen LogP contribution in [0.15, 0.2) is 48.7 Å². The van der Waals surface area contributed by atoms with E-state index in [0.717, 1.165) is 69.3 Å². The Hall–Kier alpha value is -2.44. The van der Waals surface area contributed by atoms with Crippen molar-refractivity contribution in [2.45, 2.75) is 70.8 Å². The van der Waals surface area contributed by atoms with Gasteiger partial charge in [0.1, 0.15) is 18.2 Å². The van der Waals surface area contributed by atoms with Crippen molar-refractivity contribution in [3.05, 3.63) is 54.2 Å². The molecule has 5 rings (SSSR count). The molecule has 186 valence electrons. The topological polar surface area (TPSA) is 71.7 Å². The molecule has 0 radical (unpaired) electrons. The Morgan fingerprint density at radius 1 is 0.971 bits per heavy atom. The van der Waals surface area contributed by atoms with E-state index >= 15 is 0 Å². The van der Waals surface area contributed by atoms with Gasteiger partial charge in [0, 0.05) is 25.6 Å². The summed E-state index contributed by atoms with van der Waals surface area (Å²) in [5.74, 6) is 2.56. The minimum absolute atomic E-state index is 0.167. The Morgan fingerprint density at radius 2 is 1.71 bits per heavy atom. The lowest BCUT2D eigenvalue weighted by molar-refractivity contribution is -0.119. The van der Waals surface area contributed by atoms with Crippen molar-refractivity contribution >= 4 is 11.7 Å². The number of amides is 1. The molecule has 2 saturated heterocycles. The van der Waals surface area contributed by atoms with Crippen molar-refractivity contribution < 1.29 is 9.53 Å². The van der Waals surface area contributed by atoms with Gasteiger partial charge in [-0.25, -0.2) is 4.98 Å². The van der Waals surface area contributed by atoms with Crippen LogP contribution >= 0.6 is 0 Å². The zero-order chi connectivity index (χ0) is 24.2. The van der Waals surface area contributed by atoms with Crippen LogP contribution in [0.2, 0.25) is 0 Å². The summed E-state index contributed by atoms with van der Waals surface area (Å²) in [6.07, 6.45) is 9.32. The van der Waals surface area contributed by atoms with Crippen molar-refractivity contribution in [2.75, 3.05) is 37.7 Å². The number of pyridine rings is 1. The number of nitrogens with two attached hydrogens (primary N) is 1. The number of rotatable bonds is 6. The van der Waals surface area contributed by atoms with Crippen molar-refractivity contribution in [3.8, 4) is 5.75 Å². The van der Waals surface area contributed by atoms with E-state index in [0.29, 0.717) is 19.1 Å². The molecule has 3 heterocycles. The highest BCUT2D eigenvalue weighted by Crippen LogP contribution is 2.39. The number of carbonyl (C=O) groups excluding carboxylic acids is 1. The van der Waals surface area contributed by atoms with Gasteiger partial charge in [-0.1, -0.05) is 44.2 Å². The number of carbonyl (C=O) groups is 1. The third-order valence-electron chi connectivity index (χ3n) is 6.48. The molecule has 3 fully saturated rings. The number of benzene rings is 1. The van der Waals surface area contributed by atoms with Gasteiger partial charge < -0.3 is 10.5 Å². The molecule has 0 atom stereocenters. The number of piperidine rings is 2. The normalized spacial score (nSPS) is 18.9. The molecule has 6 heteroatoms. The van der Waals surface area contributed by atoms with E-state index in [1.807, 2.05) is 26.0 Å². The van der Waals surface area contributed by atoms with Crippen LogP contribution in [0.5, 0.6) is 5.75 Å². The highest BCUT2D eigenvalue weighted by Gasteiger charge is 2.22. The van der Waals surface area contributed by atoms with Gasteiger partial charge in [0.2, 0.25) is 5.91 Å². The quantitative estimate of drug-likeness (QED) is 0.649. The molecular formula is C28H42N4O2. The molecule has 34 heavy (non-hydrogen) atoms. The van der Waals surface area contributed by atoms with Crippen LogP contribution in [0.3, 0.4) is 0 Å². The molecule has 1 aromatic heterocycles. The van der Waals surface area contributed by atoms with Gasteiger partial charge in [-0.15, -0.1) is 0 Å². The number of ether oxygens (including phenoxy) is 1. The fraction of sp³-hybridized carbons (Fsp3) is 0.571. The predicted octanol–water partition coefficient (Wildman–Crippen LogP) is 4.99. The van der Waals surface area contributed by atoms with Crippen molar-refractivity contribution in [3.63, 3.8) is 0 Å². The van der Waals surface area contributed by atoms with Crippen LogP contribution in [0, 0.1) is 0 Å². The molecule has 0 unspecified atom stereocenters. The lowest BCUT2D eigenvalue weighted by Crippen LogP contribution is -2.41. The molecule has 2 N–H and O–H groups in total. The first-order valence-corrected chi connectivity index (χ1v) is 13.1. The Labute approximate surface area is 205 Å². The summed E-state index contributed by atoms with van der Waals surface area (Å²) in [6, 6.07) is 14.9. The van der Waals surface area contributed by atoms with E-state index in [1.54, 1.807) is 11.1 Å². The van der Waals surface area contributed by atoms with Gasteiger partial charge in [0.05, 0.1) is 6.20 Å². The Balaban J connectivity index is 0.000000243. The molecule has 1 amide bonds. The van der Waals surface area contributed by atoms with Crippen molar-refractivity contribution in [2.24, 2.45) is 5.73 Å². The second-order valence-electron chi connectivity index (χ2n) is 9.07. The fourth-order valence-electron chi connectivity index (χ4n) is 4.28. The molecule has 1 saturated carbocycles. The Bertz CT molecular complexity index is 831. The Morgan fingerprint density at radius 3 is 2.32 bits per heavy atom. The molecule has 3 aliphatic rings. The number of likely N-dealkylation sites (tertiary alicyclic amines) is 1. The maximum atomic E-state index is 11.9. The van der Waals surface area contributed by atoms with E-state index < -0.39 is 0 Å². The Kier molecular flexibility index (Phi) is 10.8. The van der Waals surface area contributed by atoms with E-state index in [-0.39, 0.29) is 5.91 Å². The first-order chi connectivity index (χ1) is 16.7. The van der Waals surface area contributed by atoms with Gasteiger partial charge in [-0.05, 0) is 75.2 Å². The largest absolute Gasteiger partial charge is 0.491 e. The molecule has 0 bridgehead atoms. The second-order valence-corrected chi connectivity index (χ2v) is 9.07. The summed E-state index contributed by atoms with van der Waals surface area (Å²) in [7, 11) is 0. The van der Waals surface area contributed by atoms with Gasteiger partial charge in [-0.2, -0.15) is 0 Å². The van der Waals surface area contributed by atoms with E-state index in [1.165, 1.54) is 18.4 Å². The third-order valence-corrected chi connectivity index (χ3v) is 6.48. The second kappa shape index (κ2) is 14.1. The summed E-state index contributed by atoms with van der Waals surface area (Å²) in [4.78, 5) is 20.4. The maximum Gasteiger partial charge on any atom is 0.228 e. The van der Waals surface area contributed by atoms with Gasteiger partial charge in [0.15, 0.2) is 0 Å². The maximum absolute atomic E-state index is 11.9. The summed E-state index contributed by atoms with van der Waals surface area (Å²) >= 11 is 0. The first-order valence-electron chi connectivity index (χ1n) is 13.1. The monoisotopic (exact) mass is 466 g/mol. The molecule has 1 aliphatic carbocycles. The molecule has 1 aromatic carbocycles. The number of hydrogen-bond donors (Lipinski definition) is 1. The average Bonchev–Trinajstić information content (AvgIpc) is 3.74. The molecule has 2 aromatic rings. The number of hydrogen-bond acceptors (Lipinski definition) is 5. The van der Waals surface area contributed by atoms with Crippen LogP contribution in [-0.2, 0) is 4.79 Å². The van der Waals surface area contributed by atoms with Gasteiger partial charge in [0.25, 0.3) is 0 Å². The first kappa shape index (κ1) is 26.2. The number of aromatic nitrogens is 1. The van der Waals surface area contributed by atoms with Crippen LogP contribution < -0.4 is 15.4 Å². The fourth-order valence-corrected chi connectivity index (χ4v) is 4.28. The van der Waals surface area contributed by atoms with Crippen molar-refractivity contribution in [1.82, 2.24) is 9.88 Å². The van der Waals surface area contributed by atoms with Crippen LogP contribution in [0.1, 0.15) is 70.3 Å². The van der Waals surface area contributed by atoms with Crippen LogP contribution in [0.25, 0.3) is 0 Å². The number of nitrogens with zero attached hydrogens (tertiary/aromatic N) is 3. The molecular weight excluding hydrogens is 424 g/mol. The molecule has 0 spiro atoms. The van der Waals surface area contributed by atoms with E-state index in [4.69, 9.17) is 10.5 Å². The summed E-state index contributed by atoms with van der Waals surface area (Å²) in [6.45, 7) is 8.44. The zero-order valence-corrected chi connectivity index (χ0v) is 21.0. The number of anilines is 1. The van der Waals surface area contributed by atoms with Crippen LogP contribution in [-0.4, -0.2) is 54.6 Å². The predicted molar refractivity (Wildman–Crippen MR) is 139 cm³/mol. The standard InChI is InChI=1S/C17H26N4O2.C9H10.C2H6/c18-14-6-9-20(10-7-14)11-12-23-15-4-5-16(19-13-15)21-8-2-1-3-17(21)22;1-2-4-8(5-3-1)9-6-7-9;1-2/h4-5,13-14H,1-3,6-12,18H2;1-5,9H,6-7H2;1-2H3. The highest BCUT2D eigenvalue weighted by atomic mass is 16.5. The van der Waals surface area contributed by atoms with Crippen molar-refractivity contribution in [1.29, 1.82) is 0 Å². The van der Waals surface area contributed by atoms with E-state index in [2.05, 4.69) is 40.2 Å². The SMILES string of the molecule is CC.NC1CCN(CCOc2ccc(N3CCCCC3=O)nc2)CC1.c1ccc(C2CC2)cc1. The summed E-state index contributed by atoms with van der Waals surface area (Å²) in [5.41, 5.74) is 7.43. The minimum Gasteiger partial charge on any atom is -0.491 e. The highest BCUT2D eigenvalue weighted by molar-refractivity contribution is 5.93. The van der Waals surface area contributed by atoms with Gasteiger partial charge >= 0.3 is 0 Å². The molecule has 6 nitrogen and oxygen atoms in total. The zero-order valence-electron chi connectivity index (χ0n) is 21.0. The lowest BCUT2D eigenvalue weighted by atomic mass is 10.1. The average molecular weight is 467 g/mol. The summed E-state index contributed by atoms with van der Waals surface area (Å²) in [5, 5.41) is 0.